The van der Waals surface area contributed by atoms with Crippen LogP contribution in [0.15, 0.2) is 18.2 Å². The molecular weight excluding hydrogens is 310 g/mol. The zero-order chi connectivity index (χ0) is 15.7. The number of amides is 1. The van der Waals surface area contributed by atoms with Crippen LogP contribution in [0.2, 0.25) is 5.02 Å². The third-order valence-electron chi connectivity index (χ3n) is 3.97. The maximum absolute atomic E-state index is 12.7. The molecule has 22 heavy (non-hydrogen) atoms. The molecule has 2 heterocycles. The van der Waals surface area contributed by atoms with Gasteiger partial charge in [-0.05, 0) is 30.2 Å². The first-order valence-electron chi connectivity index (χ1n) is 7.08. The smallest absolute Gasteiger partial charge is 0.328 e. The number of carboxylic acids is 1. The molecule has 1 aromatic rings. The normalized spacial score (nSPS) is 24.3. The summed E-state index contributed by atoms with van der Waals surface area (Å²) >= 11 is 5.97. The van der Waals surface area contributed by atoms with E-state index in [4.69, 9.17) is 21.1 Å². The van der Waals surface area contributed by atoms with E-state index in [1.807, 2.05) is 0 Å². The number of hydrogen-bond donors (Lipinski definition) is 1. The summed E-state index contributed by atoms with van der Waals surface area (Å²) in [5, 5.41) is 9.82. The quantitative estimate of drug-likeness (QED) is 0.884. The molecule has 0 saturated carbocycles. The van der Waals surface area contributed by atoms with Crippen molar-refractivity contribution in [1.82, 2.24) is 4.90 Å². The summed E-state index contributed by atoms with van der Waals surface area (Å²) in [7, 11) is 0. The Morgan fingerprint density at radius 3 is 2.91 bits per heavy atom. The molecule has 2 atom stereocenters. The molecule has 0 radical (unpaired) electrons. The molecule has 7 heteroatoms. The summed E-state index contributed by atoms with van der Waals surface area (Å²) in [5.41, 5.74) is 0.872. The van der Waals surface area contributed by atoms with Crippen LogP contribution >= 0.6 is 11.6 Å². The standard InChI is InChI=1S/C15H16ClNO5/c16-11-1-2-13-9(6-11)5-10(7-22-13)14(18)17-3-4-21-8-12(17)15(19)20/h1-2,6,10,12H,3-5,7-8H2,(H,19,20)/t10-,12-/m1/s1. The van der Waals surface area contributed by atoms with Gasteiger partial charge in [0.1, 0.15) is 12.4 Å². The van der Waals surface area contributed by atoms with Crippen molar-refractivity contribution in [3.05, 3.63) is 28.8 Å². The van der Waals surface area contributed by atoms with E-state index in [2.05, 4.69) is 0 Å². The van der Waals surface area contributed by atoms with Crippen LogP contribution in [0.5, 0.6) is 5.75 Å². The SMILES string of the molecule is O=C(O)[C@H]1COCCN1C(=O)[C@H]1COc2ccc(Cl)cc2C1. The highest BCUT2D eigenvalue weighted by atomic mass is 35.5. The van der Waals surface area contributed by atoms with Gasteiger partial charge in [-0.3, -0.25) is 4.79 Å². The predicted molar refractivity (Wildman–Crippen MR) is 78.1 cm³/mol. The van der Waals surface area contributed by atoms with Gasteiger partial charge in [-0.2, -0.15) is 0 Å². The molecule has 3 rings (SSSR count). The number of carbonyl (C=O) groups excluding carboxylic acids is 1. The maximum atomic E-state index is 12.7. The zero-order valence-corrected chi connectivity index (χ0v) is 12.6. The Bertz CT molecular complexity index is 606. The van der Waals surface area contributed by atoms with E-state index in [-0.39, 0.29) is 25.7 Å². The number of morpholine rings is 1. The highest BCUT2D eigenvalue weighted by molar-refractivity contribution is 6.30. The molecule has 1 fully saturated rings. The average Bonchev–Trinajstić information content (AvgIpc) is 2.53. The summed E-state index contributed by atoms with van der Waals surface area (Å²) in [6.07, 6.45) is 0.498. The molecular formula is C15H16ClNO5. The highest BCUT2D eigenvalue weighted by Crippen LogP contribution is 2.31. The number of ether oxygens (including phenoxy) is 2. The van der Waals surface area contributed by atoms with Gasteiger partial charge in [-0.15, -0.1) is 0 Å². The first kappa shape index (κ1) is 15.1. The average molecular weight is 326 g/mol. The number of benzene rings is 1. The number of nitrogens with zero attached hydrogens (tertiary/aromatic N) is 1. The maximum Gasteiger partial charge on any atom is 0.328 e. The van der Waals surface area contributed by atoms with Crippen molar-refractivity contribution in [2.75, 3.05) is 26.4 Å². The fourth-order valence-electron chi connectivity index (χ4n) is 2.83. The molecule has 0 spiro atoms. The fraction of sp³-hybridized carbons (Fsp3) is 0.467. The fourth-order valence-corrected chi connectivity index (χ4v) is 3.02. The molecule has 1 N–H and O–H groups in total. The number of rotatable bonds is 2. The number of hydrogen-bond acceptors (Lipinski definition) is 4. The van der Waals surface area contributed by atoms with Crippen molar-refractivity contribution < 1.29 is 24.2 Å². The van der Waals surface area contributed by atoms with Gasteiger partial charge >= 0.3 is 5.97 Å². The molecule has 0 aromatic heterocycles. The van der Waals surface area contributed by atoms with E-state index in [0.29, 0.717) is 18.1 Å². The van der Waals surface area contributed by atoms with Gasteiger partial charge in [-0.25, -0.2) is 4.79 Å². The van der Waals surface area contributed by atoms with Crippen molar-refractivity contribution in [2.24, 2.45) is 5.92 Å². The van der Waals surface area contributed by atoms with Gasteiger partial charge in [0.25, 0.3) is 0 Å². The molecule has 1 saturated heterocycles. The molecule has 2 aliphatic rings. The van der Waals surface area contributed by atoms with Crippen LogP contribution in [0.1, 0.15) is 5.56 Å². The van der Waals surface area contributed by atoms with Crippen LogP contribution in [0.4, 0.5) is 0 Å². The van der Waals surface area contributed by atoms with E-state index < -0.39 is 17.9 Å². The summed E-state index contributed by atoms with van der Waals surface area (Å²) in [5.74, 6) is -0.925. The predicted octanol–water partition coefficient (Wildman–Crippen LogP) is 1.20. The van der Waals surface area contributed by atoms with Gasteiger partial charge in [0, 0.05) is 11.6 Å². The first-order chi connectivity index (χ1) is 10.6. The lowest BCUT2D eigenvalue weighted by Gasteiger charge is -2.36. The number of carboxylic acid groups (broad SMARTS) is 1. The number of halogens is 1. The van der Waals surface area contributed by atoms with Crippen LogP contribution in [-0.2, 0) is 20.7 Å². The second-order valence-corrected chi connectivity index (χ2v) is 5.86. The zero-order valence-electron chi connectivity index (χ0n) is 11.8. The second kappa shape index (κ2) is 6.14. The molecule has 1 aromatic carbocycles. The van der Waals surface area contributed by atoms with Crippen LogP contribution in [0.25, 0.3) is 0 Å². The summed E-state index contributed by atoms with van der Waals surface area (Å²) in [6.45, 7) is 0.911. The number of carbonyl (C=O) groups is 2. The van der Waals surface area contributed by atoms with Crippen molar-refractivity contribution in [3.8, 4) is 5.75 Å². The van der Waals surface area contributed by atoms with E-state index in [1.165, 1.54) is 4.90 Å². The molecule has 118 valence electrons. The van der Waals surface area contributed by atoms with Gasteiger partial charge in [0.05, 0.1) is 19.1 Å². The minimum absolute atomic E-state index is 0.0249. The van der Waals surface area contributed by atoms with Crippen molar-refractivity contribution in [3.63, 3.8) is 0 Å². The van der Waals surface area contributed by atoms with Gasteiger partial charge in [0.15, 0.2) is 6.04 Å². The Kier molecular flexibility index (Phi) is 4.22. The minimum atomic E-state index is -1.05. The summed E-state index contributed by atoms with van der Waals surface area (Å²) < 4.78 is 10.8. The Morgan fingerprint density at radius 2 is 2.14 bits per heavy atom. The highest BCUT2D eigenvalue weighted by Gasteiger charge is 2.37. The summed E-state index contributed by atoms with van der Waals surface area (Å²) in [4.78, 5) is 25.3. The van der Waals surface area contributed by atoms with Crippen LogP contribution in [0.3, 0.4) is 0 Å². The molecule has 2 aliphatic heterocycles. The molecule has 1 amide bonds. The number of fused-ring (bicyclic) bond motifs is 1. The molecule has 6 nitrogen and oxygen atoms in total. The van der Waals surface area contributed by atoms with Crippen LogP contribution in [-0.4, -0.2) is 54.3 Å². The Balaban J connectivity index is 1.76. The number of aliphatic carboxylic acids is 1. The van der Waals surface area contributed by atoms with E-state index in [9.17, 15) is 14.7 Å². The topological polar surface area (TPSA) is 76.1 Å². The van der Waals surface area contributed by atoms with Crippen molar-refractivity contribution >= 4 is 23.5 Å². The third-order valence-corrected chi connectivity index (χ3v) is 4.21. The lowest BCUT2D eigenvalue weighted by Crippen LogP contribution is -2.55. The van der Waals surface area contributed by atoms with Gasteiger partial charge in [-0.1, -0.05) is 11.6 Å². The molecule has 0 unspecified atom stereocenters. The van der Waals surface area contributed by atoms with E-state index >= 15 is 0 Å². The van der Waals surface area contributed by atoms with Crippen LogP contribution in [0, 0.1) is 5.92 Å². The minimum Gasteiger partial charge on any atom is -0.492 e. The van der Waals surface area contributed by atoms with E-state index in [0.717, 1.165) is 11.3 Å². The van der Waals surface area contributed by atoms with Crippen LogP contribution < -0.4 is 4.74 Å². The monoisotopic (exact) mass is 325 g/mol. The largest absolute Gasteiger partial charge is 0.492 e. The van der Waals surface area contributed by atoms with Crippen molar-refractivity contribution in [1.29, 1.82) is 0 Å². The van der Waals surface area contributed by atoms with Gasteiger partial charge in [0.2, 0.25) is 5.91 Å². The Morgan fingerprint density at radius 1 is 1.32 bits per heavy atom. The first-order valence-corrected chi connectivity index (χ1v) is 7.46. The molecule has 0 bridgehead atoms. The lowest BCUT2D eigenvalue weighted by molar-refractivity contribution is -0.161. The summed E-state index contributed by atoms with van der Waals surface area (Å²) in [6, 6.07) is 4.38. The Hall–Kier alpha value is -1.79. The van der Waals surface area contributed by atoms with Crippen molar-refractivity contribution in [2.45, 2.75) is 12.5 Å². The second-order valence-electron chi connectivity index (χ2n) is 5.42. The lowest BCUT2D eigenvalue weighted by atomic mass is 9.95. The third kappa shape index (κ3) is 2.89. The molecule has 0 aliphatic carbocycles. The van der Waals surface area contributed by atoms with Gasteiger partial charge < -0.3 is 19.5 Å². The van der Waals surface area contributed by atoms with E-state index in [1.54, 1.807) is 18.2 Å². The Labute approximate surface area is 132 Å².